The van der Waals surface area contributed by atoms with Gasteiger partial charge in [-0.25, -0.2) is 4.79 Å². The second-order valence-corrected chi connectivity index (χ2v) is 7.95. The van der Waals surface area contributed by atoms with Gasteiger partial charge in [-0.05, 0) is 24.1 Å². The number of aromatic amines is 1. The van der Waals surface area contributed by atoms with Crippen molar-refractivity contribution in [1.82, 2.24) is 9.55 Å². The molecular formula is C25H31N5O5. The first-order valence-electron chi connectivity index (χ1n) is 11.3. The minimum atomic E-state index is -0.647. The topological polar surface area (TPSA) is 132 Å². The predicted molar refractivity (Wildman–Crippen MR) is 136 cm³/mol. The number of H-pyrrole nitrogens is 1. The van der Waals surface area contributed by atoms with Crippen LogP contribution >= 0.6 is 0 Å². The Bertz CT molecular complexity index is 1270. The minimum absolute atomic E-state index is 0.0259. The van der Waals surface area contributed by atoms with Crippen molar-refractivity contribution in [2.45, 2.75) is 32.9 Å². The number of aromatic nitrogens is 2. The number of anilines is 3. The Labute approximate surface area is 203 Å². The Morgan fingerprint density at radius 1 is 1.11 bits per heavy atom. The number of benzene rings is 2. The van der Waals surface area contributed by atoms with Gasteiger partial charge < -0.3 is 25.4 Å². The summed E-state index contributed by atoms with van der Waals surface area (Å²) < 4.78 is 11.9. The number of nitrogens with one attached hydrogen (secondary N) is 2. The second kappa shape index (κ2) is 11.8. The van der Waals surface area contributed by atoms with Gasteiger partial charge in [0.25, 0.3) is 5.56 Å². The fraction of sp³-hybridized carbons (Fsp3) is 0.320. The first kappa shape index (κ1) is 25.4. The number of nitrogens with two attached hydrogens (primary N) is 1. The average molecular weight is 482 g/mol. The van der Waals surface area contributed by atoms with Gasteiger partial charge >= 0.3 is 5.69 Å². The van der Waals surface area contributed by atoms with Crippen molar-refractivity contribution in [1.29, 1.82) is 0 Å². The molecule has 4 N–H and O–H groups in total. The lowest BCUT2D eigenvalue weighted by Crippen LogP contribution is -2.41. The molecule has 3 rings (SSSR count). The molecule has 0 spiro atoms. The molecule has 0 aliphatic heterocycles. The third-order valence-corrected chi connectivity index (χ3v) is 5.50. The number of carbonyl (C=O) groups is 1. The maximum Gasteiger partial charge on any atom is 0.330 e. The van der Waals surface area contributed by atoms with Crippen LogP contribution in [0.25, 0.3) is 0 Å². The third kappa shape index (κ3) is 6.23. The fourth-order valence-corrected chi connectivity index (χ4v) is 3.70. The van der Waals surface area contributed by atoms with E-state index >= 15 is 0 Å². The SMILES string of the molecule is CCCCn1c(N)c(N(CC(=O)Nc2ccc(OC)cc2OC)Cc2ccccc2)c(=O)[nH]c1=O. The van der Waals surface area contributed by atoms with Gasteiger partial charge in [0, 0.05) is 19.2 Å². The van der Waals surface area contributed by atoms with Crippen LogP contribution in [0.4, 0.5) is 17.2 Å². The van der Waals surface area contributed by atoms with E-state index in [1.807, 2.05) is 37.3 Å². The number of hydrogen-bond donors (Lipinski definition) is 3. The Balaban J connectivity index is 1.97. The summed E-state index contributed by atoms with van der Waals surface area (Å²) in [7, 11) is 3.03. The fourth-order valence-electron chi connectivity index (χ4n) is 3.70. The number of hydrogen-bond acceptors (Lipinski definition) is 7. The summed E-state index contributed by atoms with van der Waals surface area (Å²) in [6.07, 6.45) is 1.56. The molecule has 1 aromatic heterocycles. The van der Waals surface area contributed by atoms with Crippen LogP contribution in [0.15, 0.2) is 58.1 Å². The molecule has 0 bridgehead atoms. The van der Waals surface area contributed by atoms with Gasteiger partial charge in [-0.1, -0.05) is 43.7 Å². The molecule has 0 fully saturated rings. The molecule has 35 heavy (non-hydrogen) atoms. The van der Waals surface area contributed by atoms with Crippen LogP contribution in [0.1, 0.15) is 25.3 Å². The smallest absolute Gasteiger partial charge is 0.330 e. The Morgan fingerprint density at radius 3 is 2.51 bits per heavy atom. The van der Waals surface area contributed by atoms with Gasteiger partial charge in [0.2, 0.25) is 5.91 Å². The molecule has 0 aliphatic carbocycles. The Morgan fingerprint density at radius 2 is 1.86 bits per heavy atom. The lowest BCUT2D eigenvalue weighted by molar-refractivity contribution is -0.115. The summed E-state index contributed by atoms with van der Waals surface area (Å²) >= 11 is 0. The highest BCUT2D eigenvalue weighted by Gasteiger charge is 2.22. The molecule has 2 aromatic carbocycles. The first-order valence-corrected chi connectivity index (χ1v) is 11.3. The van der Waals surface area contributed by atoms with Crippen molar-refractivity contribution < 1.29 is 14.3 Å². The van der Waals surface area contributed by atoms with Crippen molar-refractivity contribution in [2.24, 2.45) is 0 Å². The highest BCUT2D eigenvalue weighted by molar-refractivity contribution is 5.95. The highest BCUT2D eigenvalue weighted by atomic mass is 16.5. The number of amides is 1. The van der Waals surface area contributed by atoms with Crippen LogP contribution in [-0.2, 0) is 17.9 Å². The number of unbranched alkanes of at least 4 members (excludes halogenated alkanes) is 1. The summed E-state index contributed by atoms with van der Waals surface area (Å²) in [5.41, 5.74) is 6.49. The minimum Gasteiger partial charge on any atom is -0.497 e. The zero-order chi connectivity index (χ0) is 25.4. The number of ether oxygens (including phenoxy) is 2. The number of carbonyl (C=O) groups excluding carboxylic acids is 1. The molecule has 10 heteroatoms. The zero-order valence-corrected chi connectivity index (χ0v) is 20.2. The van der Waals surface area contributed by atoms with Gasteiger partial charge in [0.05, 0.1) is 26.5 Å². The lowest BCUT2D eigenvalue weighted by atomic mass is 10.2. The van der Waals surface area contributed by atoms with Crippen LogP contribution in [0, 0.1) is 0 Å². The molecule has 0 aliphatic rings. The monoisotopic (exact) mass is 481 g/mol. The molecule has 3 aromatic rings. The normalized spacial score (nSPS) is 10.6. The van der Waals surface area contributed by atoms with Crippen LogP contribution < -0.4 is 36.7 Å². The quantitative estimate of drug-likeness (QED) is 0.383. The van der Waals surface area contributed by atoms with E-state index in [2.05, 4.69) is 10.3 Å². The number of rotatable bonds is 11. The van der Waals surface area contributed by atoms with Gasteiger partial charge in [-0.3, -0.25) is 19.1 Å². The summed E-state index contributed by atoms with van der Waals surface area (Å²) in [4.78, 5) is 42.3. The molecule has 186 valence electrons. The second-order valence-electron chi connectivity index (χ2n) is 7.95. The van der Waals surface area contributed by atoms with E-state index in [0.29, 0.717) is 30.2 Å². The molecule has 0 unspecified atom stereocenters. The van der Waals surface area contributed by atoms with Crippen molar-refractivity contribution in [3.63, 3.8) is 0 Å². The maximum atomic E-state index is 13.1. The van der Waals surface area contributed by atoms with Crippen molar-refractivity contribution in [2.75, 3.05) is 36.7 Å². The maximum absolute atomic E-state index is 13.1. The predicted octanol–water partition coefficient (Wildman–Crippen LogP) is 2.58. The standard InChI is InChI=1S/C25H31N5O5/c1-4-5-13-30-23(26)22(24(32)28-25(30)33)29(15-17-9-7-6-8-10-17)16-21(31)27-19-12-11-18(34-2)14-20(19)35-3/h6-12,14H,4-5,13,15-16,26H2,1-3H3,(H,27,31)(H,28,32,33). The number of nitrogens with zero attached hydrogens (tertiary/aromatic N) is 2. The average Bonchev–Trinajstić information content (AvgIpc) is 2.84. The van der Waals surface area contributed by atoms with E-state index in [1.54, 1.807) is 23.1 Å². The molecule has 10 nitrogen and oxygen atoms in total. The summed E-state index contributed by atoms with van der Waals surface area (Å²) in [5, 5.41) is 2.82. The summed E-state index contributed by atoms with van der Waals surface area (Å²) in [6, 6.07) is 14.4. The Hall–Kier alpha value is -4.21. The third-order valence-electron chi connectivity index (χ3n) is 5.50. The van der Waals surface area contributed by atoms with Crippen LogP contribution in [0.3, 0.4) is 0 Å². The van der Waals surface area contributed by atoms with E-state index in [4.69, 9.17) is 15.2 Å². The first-order chi connectivity index (χ1) is 16.9. The molecule has 1 amide bonds. The molecule has 1 heterocycles. The van der Waals surface area contributed by atoms with Crippen molar-refractivity contribution >= 4 is 23.1 Å². The van der Waals surface area contributed by atoms with Gasteiger partial charge in [0.1, 0.15) is 23.0 Å². The molecule has 0 radical (unpaired) electrons. The van der Waals surface area contributed by atoms with E-state index < -0.39 is 17.2 Å². The number of methoxy groups -OCH3 is 2. The molecule has 0 saturated carbocycles. The number of nitrogen functional groups attached to an aromatic ring is 1. The van der Waals surface area contributed by atoms with E-state index in [0.717, 1.165) is 12.0 Å². The van der Waals surface area contributed by atoms with E-state index in [9.17, 15) is 14.4 Å². The van der Waals surface area contributed by atoms with Crippen LogP contribution in [0.2, 0.25) is 0 Å². The van der Waals surface area contributed by atoms with Gasteiger partial charge in [0.15, 0.2) is 0 Å². The van der Waals surface area contributed by atoms with Gasteiger partial charge in [-0.2, -0.15) is 0 Å². The van der Waals surface area contributed by atoms with Crippen LogP contribution in [-0.4, -0.2) is 36.2 Å². The lowest BCUT2D eigenvalue weighted by Gasteiger charge is -2.26. The van der Waals surface area contributed by atoms with E-state index in [-0.39, 0.29) is 24.6 Å². The summed E-state index contributed by atoms with van der Waals surface area (Å²) in [6.45, 7) is 2.39. The largest absolute Gasteiger partial charge is 0.497 e. The molecular weight excluding hydrogens is 450 g/mol. The summed E-state index contributed by atoms with van der Waals surface area (Å²) in [5.74, 6) is 0.643. The molecule has 0 saturated heterocycles. The van der Waals surface area contributed by atoms with Crippen LogP contribution in [0.5, 0.6) is 11.5 Å². The van der Waals surface area contributed by atoms with Crippen molar-refractivity contribution in [3.05, 3.63) is 74.9 Å². The molecule has 0 atom stereocenters. The van der Waals surface area contributed by atoms with Crippen molar-refractivity contribution in [3.8, 4) is 11.5 Å². The van der Waals surface area contributed by atoms with Gasteiger partial charge in [-0.15, -0.1) is 0 Å². The zero-order valence-electron chi connectivity index (χ0n) is 20.2. The Kier molecular flexibility index (Phi) is 8.55. The van der Waals surface area contributed by atoms with E-state index in [1.165, 1.54) is 18.8 Å². The highest BCUT2D eigenvalue weighted by Crippen LogP contribution is 2.29.